The van der Waals surface area contributed by atoms with Crippen molar-refractivity contribution >= 4 is 5.91 Å². The van der Waals surface area contributed by atoms with E-state index in [0.29, 0.717) is 12.5 Å². The molecular formula is C10H18N4O. The second kappa shape index (κ2) is 4.93. The molecule has 1 unspecified atom stereocenters. The number of nitrogens with two attached hydrogens (primary N) is 2. The summed E-state index contributed by atoms with van der Waals surface area (Å²) >= 11 is 0. The van der Waals surface area contributed by atoms with Crippen LogP contribution in [0.3, 0.4) is 0 Å². The molecule has 0 aliphatic rings. The number of carbonyl (C=O) groups is 1. The van der Waals surface area contributed by atoms with E-state index in [4.69, 9.17) is 11.5 Å². The Morgan fingerprint density at radius 3 is 2.73 bits per heavy atom. The molecule has 0 bridgehead atoms. The Balaban J connectivity index is 2.79. The van der Waals surface area contributed by atoms with Crippen LogP contribution in [0.25, 0.3) is 0 Å². The first kappa shape index (κ1) is 11.7. The summed E-state index contributed by atoms with van der Waals surface area (Å²) in [6.45, 7) is 4.40. The molecule has 0 saturated heterocycles. The van der Waals surface area contributed by atoms with Crippen molar-refractivity contribution < 1.29 is 4.79 Å². The van der Waals surface area contributed by atoms with Crippen molar-refractivity contribution in [2.45, 2.75) is 26.3 Å². The van der Waals surface area contributed by atoms with E-state index in [0.717, 1.165) is 5.69 Å². The predicted molar refractivity (Wildman–Crippen MR) is 58.1 cm³/mol. The quantitative estimate of drug-likeness (QED) is 0.720. The lowest BCUT2D eigenvalue weighted by Gasteiger charge is -2.15. The molecule has 0 spiro atoms. The summed E-state index contributed by atoms with van der Waals surface area (Å²) in [5.41, 5.74) is 11.7. The largest absolute Gasteiger partial charge is 0.369 e. The third-order valence-electron chi connectivity index (χ3n) is 2.45. The van der Waals surface area contributed by atoms with Gasteiger partial charge in [0.05, 0.1) is 12.2 Å². The Labute approximate surface area is 89.5 Å². The van der Waals surface area contributed by atoms with Gasteiger partial charge in [0.1, 0.15) is 0 Å². The number of hydrogen-bond donors (Lipinski definition) is 2. The number of carbonyl (C=O) groups excluding carboxylic acids is 1. The highest BCUT2D eigenvalue weighted by atomic mass is 16.1. The van der Waals surface area contributed by atoms with Crippen LogP contribution >= 0.6 is 0 Å². The van der Waals surface area contributed by atoms with E-state index >= 15 is 0 Å². The average Bonchev–Trinajstić information content (AvgIpc) is 2.61. The molecule has 1 aromatic heterocycles. The van der Waals surface area contributed by atoms with Crippen LogP contribution in [-0.4, -0.2) is 22.0 Å². The average molecular weight is 210 g/mol. The highest BCUT2D eigenvalue weighted by molar-refractivity contribution is 5.77. The normalized spacial score (nSPS) is 13.1. The molecule has 0 aromatic carbocycles. The summed E-state index contributed by atoms with van der Waals surface area (Å²) in [5, 5.41) is 0. The van der Waals surface area contributed by atoms with Crippen LogP contribution in [0.5, 0.6) is 0 Å². The summed E-state index contributed by atoms with van der Waals surface area (Å²) in [5.74, 6) is -0.659. The number of aromatic nitrogens is 2. The van der Waals surface area contributed by atoms with Crippen LogP contribution in [0.15, 0.2) is 12.5 Å². The van der Waals surface area contributed by atoms with Crippen molar-refractivity contribution in [3.05, 3.63) is 18.2 Å². The van der Waals surface area contributed by atoms with Gasteiger partial charge in [0.15, 0.2) is 0 Å². The maximum Gasteiger partial charge on any atom is 0.222 e. The van der Waals surface area contributed by atoms with Crippen molar-refractivity contribution in [3.63, 3.8) is 0 Å². The highest BCUT2D eigenvalue weighted by Crippen LogP contribution is 2.12. The van der Waals surface area contributed by atoms with Crippen molar-refractivity contribution in [1.29, 1.82) is 0 Å². The van der Waals surface area contributed by atoms with Gasteiger partial charge in [-0.05, 0) is 13.8 Å². The van der Waals surface area contributed by atoms with Crippen molar-refractivity contribution in [1.82, 2.24) is 9.55 Å². The van der Waals surface area contributed by atoms with Crippen molar-refractivity contribution in [2.75, 3.05) is 6.54 Å². The molecule has 5 heteroatoms. The minimum absolute atomic E-state index is 0.276. The first-order valence-electron chi connectivity index (χ1n) is 5.06. The van der Waals surface area contributed by atoms with Gasteiger partial charge >= 0.3 is 0 Å². The minimum atomic E-state index is -0.353. The van der Waals surface area contributed by atoms with Gasteiger partial charge in [-0.3, -0.25) is 4.79 Å². The summed E-state index contributed by atoms with van der Waals surface area (Å²) in [6, 6.07) is 0.328. The number of hydrogen-bond acceptors (Lipinski definition) is 3. The smallest absolute Gasteiger partial charge is 0.222 e. The predicted octanol–water partition coefficient (Wildman–Crippen LogP) is 0.0667. The van der Waals surface area contributed by atoms with E-state index < -0.39 is 0 Å². The van der Waals surface area contributed by atoms with E-state index in [9.17, 15) is 4.79 Å². The zero-order valence-corrected chi connectivity index (χ0v) is 9.18. The molecule has 5 nitrogen and oxygen atoms in total. The van der Waals surface area contributed by atoms with Gasteiger partial charge in [0, 0.05) is 30.9 Å². The number of amides is 1. The Kier molecular flexibility index (Phi) is 3.85. The molecule has 1 rings (SSSR count). The molecule has 1 aromatic rings. The van der Waals surface area contributed by atoms with E-state index in [-0.39, 0.29) is 18.4 Å². The molecule has 0 aliphatic carbocycles. The summed E-state index contributed by atoms with van der Waals surface area (Å²) in [7, 11) is 0. The van der Waals surface area contributed by atoms with Gasteiger partial charge in [0.25, 0.3) is 0 Å². The lowest BCUT2D eigenvalue weighted by Crippen LogP contribution is -2.32. The van der Waals surface area contributed by atoms with Gasteiger partial charge in [-0.1, -0.05) is 0 Å². The Hall–Kier alpha value is -1.36. The van der Waals surface area contributed by atoms with Gasteiger partial charge in [-0.25, -0.2) is 4.98 Å². The number of nitrogens with zero attached hydrogens (tertiary/aromatic N) is 2. The Bertz CT molecular complexity index is 332. The lowest BCUT2D eigenvalue weighted by atomic mass is 10.0. The van der Waals surface area contributed by atoms with E-state index in [2.05, 4.69) is 18.8 Å². The summed E-state index contributed by atoms with van der Waals surface area (Å²) < 4.78 is 2.02. The molecule has 0 saturated carbocycles. The molecule has 1 atom stereocenters. The first-order valence-corrected chi connectivity index (χ1v) is 5.06. The molecule has 0 radical (unpaired) electrons. The van der Waals surface area contributed by atoms with Gasteiger partial charge in [-0.2, -0.15) is 0 Å². The molecule has 0 aliphatic heterocycles. The second-order valence-corrected chi connectivity index (χ2v) is 3.93. The minimum Gasteiger partial charge on any atom is -0.369 e. The monoisotopic (exact) mass is 210 g/mol. The van der Waals surface area contributed by atoms with Crippen LogP contribution in [0, 0.1) is 5.92 Å². The van der Waals surface area contributed by atoms with E-state index in [1.807, 2.05) is 4.57 Å². The Morgan fingerprint density at radius 2 is 2.27 bits per heavy atom. The van der Waals surface area contributed by atoms with Crippen LogP contribution in [0.2, 0.25) is 0 Å². The topological polar surface area (TPSA) is 86.9 Å². The summed E-state index contributed by atoms with van der Waals surface area (Å²) in [4.78, 5) is 15.1. The fourth-order valence-corrected chi connectivity index (χ4v) is 1.51. The second-order valence-electron chi connectivity index (χ2n) is 3.93. The fraction of sp³-hybridized carbons (Fsp3) is 0.600. The molecule has 1 heterocycles. The molecule has 84 valence electrons. The van der Waals surface area contributed by atoms with Crippen molar-refractivity contribution in [3.8, 4) is 0 Å². The third kappa shape index (κ3) is 2.79. The molecule has 4 N–H and O–H groups in total. The van der Waals surface area contributed by atoms with Crippen molar-refractivity contribution in [2.24, 2.45) is 17.4 Å². The van der Waals surface area contributed by atoms with Crippen LogP contribution in [0.1, 0.15) is 25.6 Å². The number of rotatable bonds is 5. The molecule has 0 fully saturated rings. The Morgan fingerprint density at radius 1 is 1.60 bits per heavy atom. The van der Waals surface area contributed by atoms with Gasteiger partial charge in [0.2, 0.25) is 5.91 Å². The molecular weight excluding hydrogens is 192 g/mol. The van der Waals surface area contributed by atoms with Gasteiger partial charge in [-0.15, -0.1) is 0 Å². The highest BCUT2D eigenvalue weighted by Gasteiger charge is 2.16. The van der Waals surface area contributed by atoms with Gasteiger partial charge < -0.3 is 16.0 Å². The number of imidazole rings is 1. The van der Waals surface area contributed by atoms with Crippen LogP contribution in [-0.2, 0) is 11.2 Å². The molecule has 1 amide bonds. The SMILES string of the molecule is CC(C)n1cncc1CC(CN)C(N)=O. The lowest BCUT2D eigenvalue weighted by molar-refractivity contribution is -0.121. The third-order valence-corrected chi connectivity index (χ3v) is 2.45. The first-order chi connectivity index (χ1) is 7.06. The van der Waals surface area contributed by atoms with E-state index in [1.165, 1.54) is 0 Å². The van der Waals surface area contributed by atoms with Crippen LogP contribution in [0.4, 0.5) is 0 Å². The number of primary amides is 1. The fourth-order valence-electron chi connectivity index (χ4n) is 1.51. The zero-order valence-electron chi connectivity index (χ0n) is 9.18. The molecule has 15 heavy (non-hydrogen) atoms. The maximum absolute atomic E-state index is 11.1. The van der Waals surface area contributed by atoms with E-state index in [1.54, 1.807) is 12.5 Å². The maximum atomic E-state index is 11.1. The van der Waals surface area contributed by atoms with Crippen LogP contribution < -0.4 is 11.5 Å². The standard InChI is InChI=1S/C10H18N4O/c1-7(2)14-6-13-5-9(14)3-8(4-11)10(12)15/h5-8H,3-4,11H2,1-2H3,(H2,12,15). The zero-order chi connectivity index (χ0) is 11.4. The summed E-state index contributed by atoms with van der Waals surface area (Å²) in [6.07, 6.45) is 4.07.